The van der Waals surface area contributed by atoms with Crippen LogP contribution in [0.4, 0.5) is 23.7 Å². The highest BCUT2D eigenvalue weighted by molar-refractivity contribution is 6.10. The molecule has 0 aromatic heterocycles. The Labute approximate surface area is 164 Å². The minimum absolute atomic E-state index is 0.317. The van der Waals surface area contributed by atoms with Gasteiger partial charge in [-0.15, -0.1) is 0 Å². The smallest absolute Gasteiger partial charge is 0.322 e. The standard InChI is InChI=1S/C20H18F3N3O3/c1-2-10-20(12-6-4-3-5-7-12)18(28)26(19(29)25-20)11-15(27)24-14-9-8-13(21)16(22)17(14)23/h3-9H,2,10-11H2,1H3,(H,24,27)(H,25,29)/t20-/m1/s1. The van der Waals surface area contributed by atoms with Crippen LogP contribution in [0.1, 0.15) is 25.3 Å². The number of amides is 4. The van der Waals surface area contributed by atoms with Gasteiger partial charge < -0.3 is 10.6 Å². The van der Waals surface area contributed by atoms with E-state index in [1.165, 1.54) is 0 Å². The highest BCUT2D eigenvalue weighted by atomic mass is 19.2. The minimum Gasteiger partial charge on any atom is -0.322 e. The fraction of sp³-hybridized carbons (Fsp3) is 0.250. The number of carbonyl (C=O) groups is 3. The van der Waals surface area contributed by atoms with Crippen molar-refractivity contribution in [3.63, 3.8) is 0 Å². The van der Waals surface area contributed by atoms with Gasteiger partial charge in [-0.1, -0.05) is 43.7 Å². The third-order valence-electron chi connectivity index (χ3n) is 4.68. The number of benzene rings is 2. The number of carbonyl (C=O) groups excluding carboxylic acids is 3. The lowest BCUT2D eigenvalue weighted by molar-refractivity contribution is -0.134. The van der Waals surface area contributed by atoms with Gasteiger partial charge in [0.25, 0.3) is 5.91 Å². The van der Waals surface area contributed by atoms with Crippen LogP contribution in [-0.4, -0.2) is 29.3 Å². The first-order valence-corrected chi connectivity index (χ1v) is 8.93. The maximum Gasteiger partial charge on any atom is 0.325 e. The van der Waals surface area contributed by atoms with Crippen molar-refractivity contribution in [1.82, 2.24) is 10.2 Å². The zero-order valence-corrected chi connectivity index (χ0v) is 15.5. The number of rotatable bonds is 6. The molecule has 1 aliphatic heterocycles. The molecule has 1 saturated heterocycles. The Hall–Kier alpha value is -3.36. The molecule has 2 aromatic rings. The van der Waals surface area contributed by atoms with E-state index >= 15 is 0 Å². The van der Waals surface area contributed by atoms with Crippen molar-refractivity contribution in [2.24, 2.45) is 0 Å². The Morgan fingerprint density at radius 1 is 1.07 bits per heavy atom. The second-order valence-electron chi connectivity index (χ2n) is 6.61. The van der Waals surface area contributed by atoms with Gasteiger partial charge in [0.05, 0.1) is 5.69 Å². The van der Waals surface area contributed by atoms with E-state index in [9.17, 15) is 27.6 Å². The molecule has 152 valence electrons. The maximum atomic E-state index is 13.7. The van der Waals surface area contributed by atoms with E-state index in [-0.39, 0.29) is 0 Å². The molecule has 9 heteroatoms. The van der Waals surface area contributed by atoms with Crippen molar-refractivity contribution >= 4 is 23.5 Å². The van der Waals surface area contributed by atoms with Crippen molar-refractivity contribution in [2.75, 3.05) is 11.9 Å². The lowest BCUT2D eigenvalue weighted by Gasteiger charge is -2.26. The first-order chi connectivity index (χ1) is 13.8. The number of nitrogens with one attached hydrogen (secondary N) is 2. The van der Waals surface area contributed by atoms with Crippen LogP contribution in [0.3, 0.4) is 0 Å². The van der Waals surface area contributed by atoms with E-state index in [1.54, 1.807) is 30.3 Å². The average Bonchev–Trinajstić information content (AvgIpc) is 2.94. The van der Waals surface area contributed by atoms with Crippen molar-refractivity contribution in [1.29, 1.82) is 0 Å². The largest absolute Gasteiger partial charge is 0.325 e. The summed E-state index contributed by atoms with van der Waals surface area (Å²) in [6.45, 7) is 1.15. The normalized spacial score (nSPS) is 18.7. The third kappa shape index (κ3) is 3.67. The molecule has 3 rings (SSSR count). The summed E-state index contributed by atoms with van der Waals surface area (Å²) in [6, 6.07) is 9.37. The Balaban J connectivity index is 1.81. The number of nitrogens with zero attached hydrogens (tertiary/aromatic N) is 1. The first kappa shape index (κ1) is 20.4. The molecule has 0 radical (unpaired) electrons. The average molecular weight is 405 g/mol. The second kappa shape index (κ2) is 7.94. The van der Waals surface area contributed by atoms with Gasteiger partial charge >= 0.3 is 6.03 Å². The molecule has 0 saturated carbocycles. The minimum atomic E-state index is -1.73. The van der Waals surface area contributed by atoms with Crippen LogP contribution in [0.2, 0.25) is 0 Å². The Morgan fingerprint density at radius 3 is 2.41 bits per heavy atom. The van der Waals surface area contributed by atoms with Gasteiger partial charge in [-0.25, -0.2) is 18.0 Å². The Kier molecular flexibility index (Phi) is 5.58. The van der Waals surface area contributed by atoms with E-state index in [1.807, 2.05) is 6.92 Å². The molecule has 1 atom stereocenters. The van der Waals surface area contributed by atoms with E-state index in [4.69, 9.17) is 0 Å². The van der Waals surface area contributed by atoms with E-state index in [2.05, 4.69) is 10.6 Å². The predicted molar refractivity (Wildman–Crippen MR) is 98.2 cm³/mol. The third-order valence-corrected chi connectivity index (χ3v) is 4.68. The van der Waals surface area contributed by atoms with Crippen LogP contribution in [0.5, 0.6) is 0 Å². The van der Waals surface area contributed by atoms with E-state index in [0.717, 1.165) is 11.0 Å². The lowest BCUT2D eigenvalue weighted by atomic mass is 9.85. The van der Waals surface area contributed by atoms with Gasteiger partial charge in [0, 0.05) is 0 Å². The summed E-state index contributed by atoms with van der Waals surface area (Å²) >= 11 is 0. The quantitative estimate of drug-likeness (QED) is 0.572. The summed E-state index contributed by atoms with van der Waals surface area (Å²) in [5, 5.41) is 4.71. The Morgan fingerprint density at radius 2 is 1.76 bits per heavy atom. The van der Waals surface area contributed by atoms with Gasteiger partial charge in [-0.3, -0.25) is 14.5 Å². The highest BCUT2D eigenvalue weighted by Gasteiger charge is 2.52. The van der Waals surface area contributed by atoms with Crippen molar-refractivity contribution in [2.45, 2.75) is 25.3 Å². The molecule has 2 N–H and O–H groups in total. The fourth-order valence-electron chi connectivity index (χ4n) is 3.33. The molecule has 0 aliphatic carbocycles. The summed E-state index contributed by atoms with van der Waals surface area (Å²) < 4.78 is 40.1. The first-order valence-electron chi connectivity index (χ1n) is 8.93. The summed E-state index contributed by atoms with van der Waals surface area (Å²) in [7, 11) is 0. The van der Waals surface area contributed by atoms with Gasteiger partial charge in [0.15, 0.2) is 17.5 Å². The monoisotopic (exact) mass is 405 g/mol. The summed E-state index contributed by atoms with van der Waals surface area (Å²) in [5.74, 6) is -6.25. The van der Waals surface area contributed by atoms with Crippen molar-refractivity contribution < 1.29 is 27.6 Å². The Bertz CT molecular complexity index is 968. The molecule has 6 nitrogen and oxygen atoms in total. The lowest BCUT2D eigenvalue weighted by Crippen LogP contribution is -2.44. The van der Waals surface area contributed by atoms with Crippen LogP contribution in [0.15, 0.2) is 42.5 Å². The topological polar surface area (TPSA) is 78.5 Å². The summed E-state index contributed by atoms with van der Waals surface area (Å²) in [6.07, 6.45) is 0.901. The fourth-order valence-corrected chi connectivity index (χ4v) is 3.33. The van der Waals surface area contributed by atoms with Gasteiger partial charge in [-0.05, 0) is 24.1 Å². The molecule has 29 heavy (non-hydrogen) atoms. The van der Waals surface area contributed by atoms with E-state index < -0.39 is 53.1 Å². The van der Waals surface area contributed by atoms with Gasteiger partial charge in [0.1, 0.15) is 12.1 Å². The van der Waals surface area contributed by atoms with Crippen LogP contribution in [0.25, 0.3) is 0 Å². The molecule has 2 aromatic carbocycles. The molecule has 1 fully saturated rings. The zero-order valence-electron chi connectivity index (χ0n) is 15.5. The number of halogens is 3. The van der Waals surface area contributed by atoms with Crippen LogP contribution < -0.4 is 10.6 Å². The summed E-state index contributed by atoms with van der Waals surface area (Å²) in [4.78, 5) is 38.5. The van der Waals surface area contributed by atoms with Crippen molar-refractivity contribution in [3.8, 4) is 0 Å². The molecular weight excluding hydrogens is 387 g/mol. The van der Waals surface area contributed by atoms with Crippen LogP contribution in [-0.2, 0) is 15.1 Å². The van der Waals surface area contributed by atoms with Crippen molar-refractivity contribution in [3.05, 3.63) is 65.5 Å². The number of urea groups is 1. The van der Waals surface area contributed by atoms with E-state index in [0.29, 0.717) is 24.5 Å². The molecule has 4 amide bonds. The number of hydrogen-bond donors (Lipinski definition) is 2. The molecule has 0 bridgehead atoms. The van der Waals surface area contributed by atoms with Crippen LogP contribution in [0, 0.1) is 17.5 Å². The maximum absolute atomic E-state index is 13.7. The number of hydrogen-bond acceptors (Lipinski definition) is 3. The molecule has 0 spiro atoms. The van der Waals surface area contributed by atoms with Gasteiger partial charge in [0.2, 0.25) is 5.91 Å². The highest BCUT2D eigenvalue weighted by Crippen LogP contribution is 2.33. The molecule has 1 heterocycles. The molecular formula is C20H18F3N3O3. The second-order valence-corrected chi connectivity index (χ2v) is 6.61. The number of anilines is 1. The zero-order chi connectivity index (χ0) is 21.2. The SMILES string of the molecule is CCC[C@]1(c2ccccc2)NC(=O)N(CC(=O)Nc2ccc(F)c(F)c2F)C1=O. The summed E-state index contributed by atoms with van der Waals surface area (Å²) in [5.41, 5.74) is -1.32. The molecule has 0 unspecified atom stereocenters. The molecule has 1 aliphatic rings. The van der Waals surface area contributed by atoms with Gasteiger partial charge in [-0.2, -0.15) is 0 Å². The predicted octanol–water partition coefficient (Wildman–Crippen LogP) is 3.29. The van der Waals surface area contributed by atoms with Crippen LogP contribution >= 0.6 is 0 Å². The number of imide groups is 1.